The first-order valence-corrected chi connectivity index (χ1v) is 10.5. The summed E-state index contributed by atoms with van der Waals surface area (Å²) in [7, 11) is 0. The van der Waals surface area contributed by atoms with Gasteiger partial charge in [0.05, 0.1) is 23.5 Å². The van der Waals surface area contributed by atoms with E-state index in [4.69, 9.17) is 10.4 Å². The topological polar surface area (TPSA) is 99.2 Å². The Hall–Kier alpha value is -4.32. The number of aromatic nitrogens is 4. The van der Waals surface area contributed by atoms with Crippen LogP contribution in [0.2, 0.25) is 0 Å². The number of fused-ring (bicyclic) bond motifs is 1. The second-order valence-corrected chi connectivity index (χ2v) is 8.03. The summed E-state index contributed by atoms with van der Waals surface area (Å²) in [6.07, 6.45) is 3.71. The molecule has 4 aromatic rings. The SMILES string of the molecule is Cc1cnc2ccc(N3CC(NC(=O)c4ccc(C#N)cn4)C[C@@H]3c3cccc(F)c3)nn12. The summed E-state index contributed by atoms with van der Waals surface area (Å²) in [4.78, 5) is 23.2. The van der Waals surface area contributed by atoms with Gasteiger partial charge in [0.25, 0.3) is 5.91 Å². The number of benzene rings is 1. The monoisotopic (exact) mass is 441 g/mol. The number of nitrogens with one attached hydrogen (secondary N) is 1. The van der Waals surface area contributed by atoms with Gasteiger partial charge >= 0.3 is 0 Å². The molecule has 0 saturated carbocycles. The van der Waals surface area contributed by atoms with E-state index in [0.717, 1.165) is 16.9 Å². The maximum Gasteiger partial charge on any atom is 0.270 e. The fourth-order valence-corrected chi connectivity index (χ4v) is 4.21. The van der Waals surface area contributed by atoms with Crippen molar-refractivity contribution in [3.05, 3.63) is 89.3 Å². The van der Waals surface area contributed by atoms with Crippen LogP contribution in [0.5, 0.6) is 0 Å². The summed E-state index contributed by atoms with van der Waals surface area (Å²) >= 11 is 0. The Balaban J connectivity index is 1.44. The third-order valence-corrected chi connectivity index (χ3v) is 5.81. The number of nitriles is 1. The standard InChI is InChI=1S/C24H20FN7O/c1-15-12-28-22-7-8-23(30-32(15)22)31-14-19(10-21(31)17-3-2-4-18(25)9-17)29-24(33)20-6-5-16(11-26)13-27-20/h2-9,12-13,19,21H,10,14H2,1H3,(H,29,33)/t19?,21-/m1/s1. The molecular weight excluding hydrogens is 421 g/mol. The second kappa shape index (κ2) is 8.31. The van der Waals surface area contributed by atoms with Crippen molar-refractivity contribution in [1.82, 2.24) is 24.9 Å². The van der Waals surface area contributed by atoms with Crippen LogP contribution in [0.1, 0.15) is 39.8 Å². The van der Waals surface area contributed by atoms with Crippen LogP contribution in [-0.4, -0.2) is 38.1 Å². The molecule has 0 aliphatic carbocycles. The molecule has 1 saturated heterocycles. The summed E-state index contributed by atoms with van der Waals surface area (Å²) in [5.74, 6) is 0.0832. The molecule has 0 spiro atoms. The van der Waals surface area contributed by atoms with Gasteiger partial charge in [-0.1, -0.05) is 12.1 Å². The number of anilines is 1. The van der Waals surface area contributed by atoms with Gasteiger partial charge in [0.1, 0.15) is 23.4 Å². The maximum absolute atomic E-state index is 14.0. The molecule has 0 radical (unpaired) electrons. The molecule has 1 amide bonds. The molecule has 5 rings (SSSR count). The summed E-state index contributed by atoms with van der Waals surface area (Å²) in [5, 5.41) is 16.7. The van der Waals surface area contributed by atoms with Gasteiger partial charge < -0.3 is 10.2 Å². The highest BCUT2D eigenvalue weighted by Crippen LogP contribution is 2.36. The number of aryl methyl sites for hydroxylation is 1. The largest absolute Gasteiger partial charge is 0.346 e. The molecule has 1 aliphatic rings. The number of carbonyl (C=O) groups is 1. The van der Waals surface area contributed by atoms with Crippen molar-refractivity contribution >= 4 is 17.4 Å². The number of imidazole rings is 1. The smallest absolute Gasteiger partial charge is 0.270 e. The first kappa shape index (κ1) is 20.6. The van der Waals surface area contributed by atoms with Crippen molar-refractivity contribution in [2.24, 2.45) is 0 Å². The van der Waals surface area contributed by atoms with Crippen molar-refractivity contribution < 1.29 is 9.18 Å². The zero-order valence-corrected chi connectivity index (χ0v) is 17.8. The van der Waals surface area contributed by atoms with Gasteiger partial charge in [-0.05, 0) is 55.3 Å². The molecule has 1 aliphatic heterocycles. The van der Waals surface area contributed by atoms with E-state index in [0.29, 0.717) is 24.3 Å². The molecule has 1 aromatic carbocycles. The number of amides is 1. The lowest BCUT2D eigenvalue weighted by atomic mass is 10.0. The molecule has 2 atom stereocenters. The van der Waals surface area contributed by atoms with Gasteiger partial charge in [-0.15, -0.1) is 5.10 Å². The number of pyridine rings is 1. The van der Waals surface area contributed by atoms with E-state index in [1.165, 1.54) is 24.4 Å². The number of hydrogen-bond acceptors (Lipinski definition) is 6. The van der Waals surface area contributed by atoms with E-state index in [1.807, 2.05) is 31.2 Å². The number of rotatable bonds is 4. The fraction of sp³-hybridized carbons (Fsp3) is 0.208. The fourth-order valence-electron chi connectivity index (χ4n) is 4.21. The van der Waals surface area contributed by atoms with E-state index in [2.05, 4.69) is 20.2 Å². The lowest BCUT2D eigenvalue weighted by molar-refractivity contribution is 0.0935. The van der Waals surface area contributed by atoms with Crippen molar-refractivity contribution in [3.8, 4) is 6.07 Å². The molecular formula is C24H20FN7O. The van der Waals surface area contributed by atoms with Crippen molar-refractivity contribution in [1.29, 1.82) is 5.26 Å². The molecule has 0 bridgehead atoms. The van der Waals surface area contributed by atoms with Crippen LogP contribution in [0.25, 0.3) is 5.65 Å². The van der Waals surface area contributed by atoms with Gasteiger partial charge in [-0.2, -0.15) is 5.26 Å². The predicted octanol–water partition coefficient (Wildman–Crippen LogP) is 3.19. The molecule has 9 heteroatoms. The molecule has 164 valence electrons. The van der Waals surface area contributed by atoms with Gasteiger partial charge in [0.2, 0.25) is 0 Å². The van der Waals surface area contributed by atoms with Gasteiger partial charge in [0.15, 0.2) is 5.65 Å². The van der Waals surface area contributed by atoms with Crippen LogP contribution in [0.15, 0.2) is 60.9 Å². The quantitative estimate of drug-likeness (QED) is 0.522. The highest BCUT2D eigenvalue weighted by molar-refractivity contribution is 5.92. The lowest BCUT2D eigenvalue weighted by Gasteiger charge is -2.26. The van der Waals surface area contributed by atoms with Crippen LogP contribution in [-0.2, 0) is 0 Å². The number of carbonyl (C=O) groups excluding carboxylic acids is 1. The second-order valence-electron chi connectivity index (χ2n) is 8.03. The third kappa shape index (κ3) is 3.99. The Morgan fingerprint density at radius 3 is 2.82 bits per heavy atom. The van der Waals surface area contributed by atoms with Gasteiger partial charge in [-0.25, -0.2) is 18.9 Å². The maximum atomic E-state index is 14.0. The summed E-state index contributed by atoms with van der Waals surface area (Å²) in [6.45, 7) is 2.42. The van der Waals surface area contributed by atoms with Crippen molar-refractivity contribution in [2.45, 2.75) is 25.4 Å². The number of nitrogens with zero attached hydrogens (tertiary/aromatic N) is 6. The van der Waals surface area contributed by atoms with E-state index in [9.17, 15) is 9.18 Å². The molecule has 4 heterocycles. The Labute approximate surface area is 189 Å². The minimum Gasteiger partial charge on any atom is -0.346 e. The first-order chi connectivity index (χ1) is 16.0. The molecule has 1 N–H and O–H groups in total. The van der Waals surface area contributed by atoms with Crippen LogP contribution in [0, 0.1) is 24.1 Å². The minimum atomic E-state index is -0.321. The third-order valence-electron chi connectivity index (χ3n) is 5.81. The normalized spacial score (nSPS) is 17.8. The van der Waals surface area contributed by atoms with Gasteiger partial charge in [0, 0.05) is 18.8 Å². The molecule has 8 nitrogen and oxygen atoms in total. The van der Waals surface area contributed by atoms with E-state index in [1.54, 1.807) is 22.8 Å². The van der Waals surface area contributed by atoms with E-state index < -0.39 is 0 Å². The molecule has 33 heavy (non-hydrogen) atoms. The lowest BCUT2D eigenvalue weighted by Crippen LogP contribution is -2.37. The minimum absolute atomic E-state index is 0.172. The Kier molecular flexibility index (Phi) is 5.18. The van der Waals surface area contributed by atoms with Crippen molar-refractivity contribution in [3.63, 3.8) is 0 Å². The van der Waals surface area contributed by atoms with Crippen LogP contribution < -0.4 is 10.2 Å². The summed E-state index contributed by atoms with van der Waals surface area (Å²) < 4.78 is 15.8. The molecule has 1 fully saturated rings. The summed E-state index contributed by atoms with van der Waals surface area (Å²) in [6, 6.07) is 15.0. The highest BCUT2D eigenvalue weighted by atomic mass is 19.1. The van der Waals surface area contributed by atoms with Crippen LogP contribution >= 0.6 is 0 Å². The highest BCUT2D eigenvalue weighted by Gasteiger charge is 2.35. The Morgan fingerprint density at radius 2 is 2.06 bits per heavy atom. The number of halogens is 1. The van der Waals surface area contributed by atoms with Crippen LogP contribution in [0.4, 0.5) is 10.2 Å². The van der Waals surface area contributed by atoms with E-state index >= 15 is 0 Å². The van der Waals surface area contributed by atoms with Crippen LogP contribution in [0.3, 0.4) is 0 Å². The Morgan fingerprint density at radius 1 is 1.18 bits per heavy atom. The Bertz CT molecular complexity index is 1380. The zero-order valence-electron chi connectivity index (χ0n) is 17.8. The average molecular weight is 441 g/mol. The number of hydrogen-bond donors (Lipinski definition) is 1. The van der Waals surface area contributed by atoms with Crippen molar-refractivity contribution in [2.75, 3.05) is 11.4 Å². The average Bonchev–Trinajstić information content (AvgIpc) is 3.42. The predicted molar refractivity (Wildman–Crippen MR) is 119 cm³/mol. The summed E-state index contributed by atoms with van der Waals surface area (Å²) in [5.41, 5.74) is 3.09. The zero-order chi connectivity index (χ0) is 22.9. The first-order valence-electron chi connectivity index (χ1n) is 10.5. The van der Waals surface area contributed by atoms with Gasteiger partial charge in [-0.3, -0.25) is 4.79 Å². The molecule has 3 aromatic heterocycles. The van der Waals surface area contributed by atoms with E-state index in [-0.39, 0.29) is 29.5 Å². The molecule has 1 unspecified atom stereocenters.